The van der Waals surface area contributed by atoms with Gasteiger partial charge in [-0.2, -0.15) is 0 Å². The lowest BCUT2D eigenvalue weighted by molar-refractivity contribution is -0.137. The Bertz CT molecular complexity index is 503. The number of epoxide rings is 1. The number of unbranched alkanes of at least 4 members (excludes halogenated alkanes) is 2. The molecule has 0 amide bonds. The molecule has 1 aliphatic heterocycles. The van der Waals surface area contributed by atoms with Gasteiger partial charge in [0.1, 0.15) is 5.78 Å². The van der Waals surface area contributed by atoms with Crippen LogP contribution in [0.1, 0.15) is 64.7 Å². The molecular weight excluding hydrogens is 336 g/mol. The Labute approximate surface area is 155 Å². The van der Waals surface area contributed by atoms with Crippen LogP contribution >= 0.6 is 0 Å². The van der Waals surface area contributed by atoms with Crippen LogP contribution in [0.4, 0.5) is 0 Å². The molecule has 1 saturated heterocycles. The van der Waals surface area contributed by atoms with Gasteiger partial charge in [-0.25, -0.2) is 0 Å². The second-order valence-electron chi connectivity index (χ2n) is 7.60. The molecule has 2 aliphatic rings. The van der Waals surface area contributed by atoms with Crippen LogP contribution in [0, 0.1) is 11.8 Å². The van der Waals surface area contributed by atoms with Gasteiger partial charge in [-0.05, 0) is 25.7 Å². The van der Waals surface area contributed by atoms with E-state index < -0.39 is 18.2 Å². The minimum Gasteiger partial charge on any atom is -0.481 e. The van der Waals surface area contributed by atoms with Gasteiger partial charge in [-0.1, -0.05) is 38.3 Å². The maximum atomic E-state index is 12.2. The first-order valence-electron chi connectivity index (χ1n) is 9.86. The largest absolute Gasteiger partial charge is 0.481 e. The first-order valence-corrected chi connectivity index (χ1v) is 9.86. The van der Waals surface area contributed by atoms with Crippen LogP contribution in [0.2, 0.25) is 0 Å². The van der Waals surface area contributed by atoms with Gasteiger partial charge in [0.15, 0.2) is 0 Å². The minimum absolute atomic E-state index is 0.0200. The Kier molecular flexibility index (Phi) is 8.25. The summed E-state index contributed by atoms with van der Waals surface area (Å²) >= 11 is 0. The number of aliphatic carboxylic acids is 1. The van der Waals surface area contributed by atoms with Gasteiger partial charge in [0.25, 0.3) is 0 Å². The molecule has 2 fully saturated rings. The predicted octanol–water partition coefficient (Wildman–Crippen LogP) is 2.46. The van der Waals surface area contributed by atoms with E-state index in [2.05, 4.69) is 6.92 Å². The third-order valence-electron chi connectivity index (χ3n) is 5.44. The van der Waals surface area contributed by atoms with Crippen molar-refractivity contribution >= 4 is 11.8 Å². The minimum atomic E-state index is -0.806. The van der Waals surface area contributed by atoms with Gasteiger partial charge in [-0.15, -0.1) is 0 Å². The number of rotatable bonds is 12. The molecule has 26 heavy (non-hydrogen) atoms. The van der Waals surface area contributed by atoms with Crippen molar-refractivity contribution in [1.29, 1.82) is 0 Å². The van der Waals surface area contributed by atoms with E-state index in [9.17, 15) is 19.8 Å². The first-order chi connectivity index (χ1) is 12.4. The SMILES string of the molecule is CCCCCC(O)C=CC1C(O)CC(=O)C1CC1OC1CCCC(=O)O. The molecule has 1 saturated carbocycles. The van der Waals surface area contributed by atoms with Crippen molar-refractivity contribution in [3.05, 3.63) is 12.2 Å². The van der Waals surface area contributed by atoms with Crippen LogP contribution in [0.25, 0.3) is 0 Å². The predicted molar refractivity (Wildman–Crippen MR) is 96.7 cm³/mol. The third-order valence-corrected chi connectivity index (χ3v) is 5.44. The summed E-state index contributed by atoms with van der Waals surface area (Å²) in [5, 5.41) is 28.9. The molecule has 6 nitrogen and oxygen atoms in total. The number of hydrogen-bond donors (Lipinski definition) is 3. The van der Waals surface area contributed by atoms with E-state index in [1.807, 2.05) is 0 Å². The lowest BCUT2D eigenvalue weighted by Gasteiger charge is -2.17. The molecule has 0 bridgehead atoms. The van der Waals surface area contributed by atoms with Crippen molar-refractivity contribution in [3.63, 3.8) is 0 Å². The Morgan fingerprint density at radius 3 is 2.77 bits per heavy atom. The number of carbonyl (C=O) groups excluding carboxylic acids is 1. The number of carboxylic acid groups (broad SMARTS) is 1. The molecule has 6 atom stereocenters. The van der Waals surface area contributed by atoms with E-state index in [0.29, 0.717) is 25.7 Å². The molecule has 6 heteroatoms. The van der Waals surface area contributed by atoms with E-state index in [4.69, 9.17) is 9.84 Å². The summed E-state index contributed by atoms with van der Waals surface area (Å²) < 4.78 is 5.58. The van der Waals surface area contributed by atoms with Crippen LogP contribution in [0.5, 0.6) is 0 Å². The normalized spacial score (nSPS) is 32.3. The summed E-state index contributed by atoms with van der Waals surface area (Å²) in [6.45, 7) is 2.11. The molecule has 0 aromatic carbocycles. The van der Waals surface area contributed by atoms with Gasteiger partial charge >= 0.3 is 5.97 Å². The molecule has 0 radical (unpaired) electrons. The smallest absolute Gasteiger partial charge is 0.303 e. The average molecular weight is 368 g/mol. The quantitative estimate of drug-likeness (QED) is 0.277. The highest BCUT2D eigenvalue weighted by Crippen LogP contribution is 2.40. The second-order valence-corrected chi connectivity index (χ2v) is 7.60. The Balaban J connectivity index is 1.80. The fourth-order valence-electron chi connectivity index (χ4n) is 3.83. The van der Waals surface area contributed by atoms with E-state index in [0.717, 1.165) is 19.3 Å². The Hall–Kier alpha value is -1.24. The molecule has 1 aliphatic carbocycles. The lowest BCUT2D eigenvalue weighted by atomic mass is 9.88. The molecule has 6 unspecified atom stereocenters. The van der Waals surface area contributed by atoms with Crippen molar-refractivity contribution in [1.82, 2.24) is 0 Å². The number of hydrogen-bond acceptors (Lipinski definition) is 5. The molecular formula is C20H32O6. The summed E-state index contributed by atoms with van der Waals surface area (Å²) in [5.41, 5.74) is 0. The summed E-state index contributed by atoms with van der Waals surface area (Å²) in [6.07, 6.45) is 8.26. The molecule has 1 heterocycles. The zero-order valence-corrected chi connectivity index (χ0v) is 15.5. The number of aliphatic hydroxyl groups excluding tert-OH is 2. The maximum absolute atomic E-state index is 12.2. The van der Waals surface area contributed by atoms with Crippen LogP contribution in [0.3, 0.4) is 0 Å². The van der Waals surface area contributed by atoms with E-state index in [-0.39, 0.29) is 42.7 Å². The first kappa shape index (κ1) is 21.1. The highest BCUT2D eigenvalue weighted by Gasteiger charge is 2.47. The van der Waals surface area contributed by atoms with Gasteiger partial charge in [0.2, 0.25) is 0 Å². The highest BCUT2D eigenvalue weighted by atomic mass is 16.6. The number of aliphatic hydroxyl groups is 2. The van der Waals surface area contributed by atoms with Crippen molar-refractivity contribution in [3.8, 4) is 0 Å². The van der Waals surface area contributed by atoms with Crippen molar-refractivity contribution in [2.24, 2.45) is 11.8 Å². The van der Waals surface area contributed by atoms with Gasteiger partial charge in [0, 0.05) is 24.7 Å². The summed E-state index contributed by atoms with van der Waals surface area (Å²) in [4.78, 5) is 22.8. The molecule has 0 aromatic heterocycles. The monoisotopic (exact) mass is 368 g/mol. The molecule has 0 aromatic rings. The average Bonchev–Trinajstić information content (AvgIpc) is 3.25. The fourth-order valence-corrected chi connectivity index (χ4v) is 3.83. The van der Waals surface area contributed by atoms with Crippen molar-refractivity contribution in [2.75, 3.05) is 0 Å². The Morgan fingerprint density at radius 1 is 1.31 bits per heavy atom. The van der Waals surface area contributed by atoms with Crippen LogP contribution in [-0.4, -0.2) is 51.5 Å². The zero-order chi connectivity index (χ0) is 19.1. The second kappa shape index (κ2) is 10.2. The molecule has 2 rings (SSSR count). The summed E-state index contributed by atoms with van der Waals surface area (Å²) in [6, 6.07) is 0. The summed E-state index contributed by atoms with van der Waals surface area (Å²) in [7, 11) is 0. The van der Waals surface area contributed by atoms with Crippen molar-refractivity contribution in [2.45, 2.75) is 89.1 Å². The number of carboxylic acids is 1. The standard InChI is InChI=1S/C20H32O6/c1-2-3-4-6-13(21)9-10-14-15(17(23)12-16(14)22)11-19-18(26-19)7-5-8-20(24)25/h9-10,13-16,18-19,21-22H,2-8,11-12H2,1H3,(H,24,25). The lowest BCUT2D eigenvalue weighted by Crippen LogP contribution is -2.21. The molecule has 3 N–H and O–H groups in total. The number of Topliss-reactive ketones (excluding diaryl/α,β-unsaturated/α-hetero) is 1. The number of carbonyl (C=O) groups is 2. The number of ether oxygens (including phenoxy) is 1. The Morgan fingerprint density at radius 2 is 2.08 bits per heavy atom. The van der Waals surface area contributed by atoms with Crippen LogP contribution in [-0.2, 0) is 14.3 Å². The summed E-state index contributed by atoms with van der Waals surface area (Å²) in [5.74, 6) is -1.31. The van der Waals surface area contributed by atoms with Gasteiger partial charge < -0.3 is 20.1 Å². The van der Waals surface area contributed by atoms with E-state index in [1.165, 1.54) is 0 Å². The van der Waals surface area contributed by atoms with E-state index >= 15 is 0 Å². The molecule has 0 spiro atoms. The fraction of sp³-hybridized carbons (Fsp3) is 0.800. The van der Waals surface area contributed by atoms with Crippen LogP contribution < -0.4 is 0 Å². The van der Waals surface area contributed by atoms with Gasteiger partial charge in [-0.3, -0.25) is 9.59 Å². The van der Waals surface area contributed by atoms with Crippen molar-refractivity contribution < 1.29 is 29.6 Å². The zero-order valence-electron chi connectivity index (χ0n) is 15.5. The topological polar surface area (TPSA) is 107 Å². The third kappa shape index (κ3) is 6.49. The van der Waals surface area contributed by atoms with Crippen LogP contribution in [0.15, 0.2) is 12.2 Å². The highest BCUT2D eigenvalue weighted by molar-refractivity contribution is 5.84. The number of ketones is 1. The van der Waals surface area contributed by atoms with E-state index in [1.54, 1.807) is 12.2 Å². The maximum Gasteiger partial charge on any atom is 0.303 e. The molecule has 148 valence electrons. The van der Waals surface area contributed by atoms with Gasteiger partial charge in [0.05, 0.1) is 24.4 Å².